The van der Waals surface area contributed by atoms with E-state index in [1.807, 2.05) is 0 Å². The lowest BCUT2D eigenvalue weighted by Crippen LogP contribution is -2.32. The van der Waals surface area contributed by atoms with E-state index in [0.29, 0.717) is 18.7 Å². The summed E-state index contributed by atoms with van der Waals surface area (Å²) in [4.78, 5) is 14.1. The molecule has 0 spiro atoms. The molecule has 1 aromatic rings. The molecule has 0 heterocycles. The molecule has 112 valence electrons. The van der Waals surface area contributed by atoms with Crippen LogP contribution in [0.1, 0.15) is 27.9 Å². The van der Waals surface area contributed by atoms with E-state index in [1.165, 1.54) is 0 Å². The summed E-state index contributed by atoms with van der Waals surface area (Å²) in [7, 11) is 0. The fourth-order valence-electron chi connectivity index (χ4n) is 2.72. The number of carbonyl (C=O) groups excluding carboxylic acids is 1. The first kappa shape index (κ1) is 15.3. The second-order valence-corrected chi connectivity index (χ2v) is 5.43. The normalized spacial score (nSPS) is 16.9. The van der Waals surface area contributed by atoms with Gasteiger partial charge < -0.3 is 15.7 Å². The van der Waals surface area contributed by atoms with Gasteiger partial charge in [0.05, 0.1) is 5.56 Å². The van der Waals surface area contributed by atoms with E-state index in [4.69, 9.17) is 5.73 Å². The van der Waals surface area contributed by atoms with Crippen LogP contribution in [0.2, 0.25) is 0 Å². The molecule has 0 saturated heterocycles. The van der Waals surface area contributed by atoms with E-state index in [1.54, 1.807) is 29.2 Å². The van der Waals surface area contributed by atoms with Crippen LogP contribution in [0.4, 0.5) is 0 Å². The van der Waals surface area contributed by atoms with Crippen molar-refractivity contribution < 1.29 is 9.90 Å². The highest BCUT2D eigenvalue weighted by molar-refractivity contribution is 5.97. The Balaban J connectivity index is 2.34. The summed E-state index contributed by atoms with van der Waals surface area (Å²) in [5.41, 5.74) is 8.46. The number of rotatable bonds is 5. The summed E-state index contributed by atoms with van der Waals surface area (Å²) in [5, 5.41) is 10.2. The Labute approximate surface area is 125 Å². The molecule has 0 saturated carbocycles. The van der Waals surface area contributed by atoms with Crippen LogP contribution in [-0.2, 0) is 12.8 Å². The average molecular weight is 286 g/mol. The van der Waals surface area contributed by atoms with Crippen LogP contribution in [0.15, 0.2) is 37.4 Å². The number of fused-ring (bicyclic) bond motifs is 1. The van der Waals surface area contributed by atoms with Crippen LogP contribution < -0.4 is 5.73 Å². The first-order valence-corrected chi connectivity index (χ1v) is 7.18. The molecule has 3 N–H and O–H groups in total. The Bertz CT molecular complexity index is 556. The molecule has 1 aliphatic rings. The van der Waals surface area contributed by atoms with E-state index in [2.05, 4.69) is 13.2 Å². The third-order valence-corrected chi connectivity index (χ3v) is 3.80. The van der Waals surface area contributed by atoms with Crippen molar-refractivity contribution in [3.8, 4) is 5.75 Å². The van der Waals surface area contributed by atoms with Gasteiger partial charge in [-0.25, -0.2) is 0 Å². The van der Waals surface area contributed by atoms with Crippen LogP contribution in [0.25, 0.3) is 0 Å². The third kappa shape index (κ3) is 3.34. The number of nitrogens with two attached hydrogens (primary N) is 1. The summed E-state index contributed by atoms with van der Waals surface area (Å²) in [5.74, 6) is -0.179. The maximum Gasteiger partial charge on any atom is 0.258 e. The van der Waals surface area contributed by atoms with E-state index in [0.717, 1.165) is 30.4 Å². The van der Waals surface area contributed by atoms with Gasteiger partial charge in [-0.2, -0.15) is 0 Å². The molecule has 2 rings (SSSR count). The smallest absolute Gasteiger partial charge is 0.258 e. The molecule has 4 nitrogen and oxygen atoms in total. The summed E-state index contributed by atoms with van der Waals surface area (Å²) < 4.78 is 0. The molecular weight excluding hydrogens is 264 g/mol. The minimum absolute atomic E-state index is 0.0346. The van der Waals surface area contributed by atoms with Crippen molar-refractivity contribution in [2.24, 2.45) is 5.73 Å². The van der Waals surface area contributed by atoms with E-state index in [9.17, 15) is 9.90 Å². The van der Waals surface area contributed by atoms with Gasteiger partial charge in [0.1, 0.15) is 5.75 Å². The summed E-state index contributed by atoms with van der Waals surface area (Å²) in [6.07, 6.45) is 5.83. The van der Waals surface area contributed by atoms with Crippen molar-refractivity contribution in [3.63, 3.8) is 0 Å². The Hall–Kier alpha value is -2.07. The van der Waals surface area contributed by atoms with Crippen molar-refractivity contribution in [2.75, 3.05) is 13.1 Å². The molecule has 1 aliphatic carbocycles. The van der Waals surface area contributed by atoms with Crippen LogP contribution in [-0.4, -0.2) is 35.0 Å². The minimum Gasteiger partial charge on any atom is -0.507 e. The second kappa shape index (κ2) is 6.59. The number of carbonyl (C=O) groups is 1. The van der Waals surface area contributed by atoms with Crippen LogP contribution in [0.3, 0.4) is 0 Å². The SMILES string of the molecule is C=CCN(CC=C)C(=O)c1cc2c(cc1O)CCC(N)C2. The Morgan fingerprint density at radius 3 is 2.62 bits per heavy atom. The first-order valence-electron chi connectivity index (χ1n) is 7.18. The van der Waals surface area contributed by atoms with Crippen molar-refractivity contribution in [3.05, 3.63) is 54.1 Å². The van der Waals surface area contributed by atoms with Gasteiger partial charge in [0.2, 0.25) is 0 Å². The molecule has 1 unspecified atom stereocenters. The van der Waals surface area contributed by atoms with E-state index in [-0.39, 0.29) is 17.7 Å². The Morgan fingerprint density at radius 1 is 1.33 bits per heavy atom. The highest BCUT2D eigenvalue weighted by atomic mass is 16.3. The van der Waals surface area contributed by atoms with Gasteiger partial charge in [-0.15, -0.1) is 13.2 Å². The van der Waals surface area contributed by atoms with Gasteiger partial charge in [-0.3, -0.25) is 4.79 Å². The molecule has 0 aromatic heterocycles. The molecule has 1 atom stereocenters. The maximum absolute atomic E-state index is 12.6. The number of aromatic hydroxyl groups is 1. The largest absolute Gasteiger partial charge is 0.507 e. The zero-order chi connectivity index (χ0) is 15.4. The fraction of sp³-hybridized carbons (Fsp3) is 0.353. The number of hydrogen-bond acceptors (Lipinski definition) is 3. The van der Waals surface area contributed by atoms with E-state index < -0.39 is 0 Å². The topological polar surface area (TPSA) is 66.6 Å². The molecule has 0 radical (unpaired) electrons. The fourth-order valence-corrected chi connectivity index (χ4v) is 2.72. The van der Waals surface area contributed by atoms with Crippen molar-refractivity contribution in [2.45, 2.75) is 25.3 Å². The number of phenolic OH excluding ortho intramolecular Hbond substituents is 1. The lowest BCUT2D eigenvalue weighted by atomic mass is 9.87. The van der Waals surface area contributed by atoms with Crippen LogP contribution in [0, 0.1) is 0 Å². The third-order valence-electron chi connectivity index (χ3n) is 3.80. The molecule has 0 fully saturated rings. The zero-order valence-corrected chi connectivity index (χ0v) is 12.2. The average Bonchev–Trinajstić information content (AvgIpc) is 2.46. The summed E-state index contributed by atoms with van der Waals surface area (Å²) in [6.45, 7) is 8.14. The van der Waals surface area contributed by atoms with Crippen molar-refractivity contribution in [1.82, 2.24) is 4.90 Å². The molecule has 4 heteroatoms. The molecule has 1 aromatic carbocycles. The highest BCUT2D eigenvalue weighted by Crippen LogP contribution is 2.29. The van der Waals surface area contributed by atoms with Crippen LogP contribution >= 0.6 is 0 Å². The molecule has 0 aliphatic heterocycles. The predicted octanol–water partition coefficient (Wildman–Crippen LogP) is 2.02. The van der Waals surface area contributed by atoms with Gasteiger partial charge in [-0.1, -0.05) is 12.2 Å². The minimum atomic E-state index is -0.214. The van der Waals surface area contributed by atoms with Gasteiger partial charge >= 0.3 is 0 Å². The van der Waals surface area contributed by atoms with Gasteiger partial charge in [-0.05, 0) is 42.5 Å². The quantitative estimate of drug-likeness (QED) is 0.814. The van der Waals surface area contributed by atoms with Gasteiger partial charge in [0.15, 0.2) is 0 Å². The number of benzene rings is 1. The summed E-state index contributed by atoms with van der Waals surface area (Å²) in [6, 6.07) is 3.61. The Kier molecular flexibility index (Phi) is 4.81. The maximum atomic E-state index is 12.6. The predicted molar refractivity (Wildman–Crippen MR) is 84.4 cm³/mol. The summed E-state index contributed by atoms with van der Waals surface area (Å²) >= 11 is 0. The number of amides is 1. The van der Waals surface area contributed by atoms with Crippen molar-refractivity contribution >= 4 is 5.91 Å². The first-order chi connectivity index (χ1) is 10.1. The number of phenols is 1. The van der Waals surface area contributed by atoms with Gasteiger partial charge in [0.25, 0.3) is 5.91 Å². The number of nitrogens with zero attached hydrogens (tertiary/aromatic N) is 1. The number of hydrogen-bond donors (Lipinski definition) is 2. The Morgan fingerprint density at radius 2 is 2.00 bits per heavy atom. The van der Waals surface area contributed by atoms with Crippen LogP contribution in [0.5, 0.6) is 5.75 Å². The monoisotopic (exact) mass is 286 g/mol. The van der Waals surface area contributed by atoms with E-state index >= 15 is 0 Å². The van der Waals surface area contributed by atoms with Gasteiger partial charge in [0, 0.05) is 19.1 Å². The lowest BCUT2D eigenvalue weighted by molar-refractivity contribution is 0.0787. The molecule has 0 bridgehead atoms. The van der Waals surface area contributed by atoms with Crippen molar-refractivity contribution in [1.29, 1.82) is 0 Å². The number of aryl methyl sites for hydroxylation is 1. The second-order valence-electron chi connectivity index (χ2n) is 5.43. The molecular formula is C17H22N2O2. The standard InChI is InChI=1S/C17H22N2O2/c1-3-7-19(8-4-2)17(21)15-10-13-9-14(18)6-5-12(13)11-16(15)20/h3-4,10-11,14,20H,1-2,5-9,18H2. The molecule has 21 heavy (non-hydrogen) atoms. The zero-order valence-electron chi connectivity index (χ0n) is 12.2. The lowest BCUT2D eigenvalue weighted by Gasteiger charge is -2.24. The highest BCUT2D eigenvalue weighted by Gasteiger charge is 2.22. The molecule has 1 amide bonds.